The predicted octanol–water partition coefficient (Wildman–Crippen LogP) is 4.26. The molecule has 1 unspecified atom stereocenters. The zero-order valence-corrected chi connectivity index (χ0v) is 14.6. The molecule has 26 heavy (non-hydrogen) atoms. The number of rotatable bonds is 6. The lowest BCUT2D eigenvalue weighted by Crippen LogP contribution is -2.28. The summed E-state index contributed by atoms with van der Waals surface area (Å²) in [7, 11) is 0. The van der Waals surface area contributed by atoms with E-state index in [1.54, 1.807) is 6.92 Å². The largest absolute Gasteiger partial charge is 0.490 e. The summed E-state index contributed by atoms with van der Waals surface area (Å²) in [5.41, 5.74) is 0.240. The highest BCUT2D eigenvalue weighted by Crippen LogP contribution is 2.37. The van der Waals surface area contributed by atoms with Gasteiger partial charge in [0.2, 0.25) is 0 Å². The first kappa shape index (κ1) is 19.5. The van der Waals surface area contributed by atoms with Gasteiger partial charge in [0, 0.05) is 12.1 Å². The number of carbonyl (C=O) groups excluding carboxylic acids is 1. The average molecular weight is 382 g/mol. The summed E-state index contributed by atoms with van der Waals surface area (Å²) >= 11 is 6.06. The first-order valence-corrected chi connectivity index (χ1v) is 7.93. The van der Waals surface area contributed by atoms with Gasteiger partial charge >= 0.3 is 5.97 Å². The van der Waals surface area contributed by atoms with Gasteiger partial charge in [-0.1, -0.05) is 11.6 Å². The number of hydrogen-bond donors (Lipinski definition) is 0. The van der Waals surface area contributed by atoms with Crippen molar-refractivity contribution in [2.45, 2.75) is 20.0 Å². The van der Waals surface area contributed by atoms with Gasteiger partial charge in [0.15, 0.2) is 29.2 Å². The SMILES string of the molecule is CCOc1cc(C#N)cc(Cl)c1OC(=O)C(C)Oc1ccc(F)c(F)c1. The molecule has 0 aliphatic carbocycles. The van der Waals surface area contributed by atoms with Gasteiger partial charge in [-0.2, -0.15) is 5.26 Å². The van der Waals surface area contributed by atoms with E-state index in [1.807, 2.05) is 6.07 Å². The molecule has 0 aromatic heterocycles. The van der Waals surface area contributed by atoms with Crippen LogP contribution in [-0.2, 0) is 4.79 Å². The van der Waals surface area contributed by atoms with E-state index in [-0.39, 0.29) is 34.4 Å². The van der Waals surface area contributed by atoms with Gasteiger partial charge in [-0.05, 0) is 32.0 Å². The zero-order valence-electron chi connectivity index (χ0n) is 13.9. The molecule has 1 atom stereocenters. The fourth-order valence-corrected chi connectivity index (χ4v) is 2.23. The maximum absolute atomic E-state index is 13.2. The van der Waals surface area contributed by atoms with Crippen LogP contribution in [-0.4, -0.2) is 18.7 Å². The quantitative estimate of drug-likeness (QED) is 0.552. The Labute approximate surface area is 153 Å². The zero-order chi connectivity index (χ0) is 19.3. The van der Waals surface area contributed by atoms with Gasteiger partial charge < -0.3 is 14.2 Å². The topological polar surface area (TPSA) is 68.5 Å². The van der Waals surface area contributed by atoms with Crippen LogP contribution < -0.4 is 14.2 Å². The Morgan fingerprint density at radius 3 is 2.62 bits per heavy atom. The minimum atomic E-state index is -1.14. The van der Waals surface area contributed by atoms with E-state index in [0.29, 0.717) is 0 Å². The molecule has 8 heteroatoms. The second-order valence-corrected chi connectivity index (χ2v) is 5.49. The third kappa shape index (κ3) is 4.61. The molecule has 0 fully saturated rings. The molecule has 0 aliphatic heterocycles. The lowest BCUT2D eigenvalue weighted by Gasteiger charge is -2.16. The molecule has 5 nitrogen and oxygen atoms in total. The Morgan fingerprint density at radius 1 is 1.27 bits per heavy atom. The van der Waals surface area contributed by atoms with Crippen LogP contribution in [0.5, 0.6) is 17.2 Å². The summed E-state index contributed by atoms with van der Waals surface area (Å²) in [5, 5.41) is 8.99. The van der Waals surface area contributed by atoms with Crippen LogP contribution in [0.25, 0.3) is 0 Å². The summed E-state index contributed by atoms with van der Waals surface area (Å²) in [6.07, 6.45) is -1.14. The van der Waals surface area contributed by atoms with Gasteiger partial charge in [0.1, 0.15) is 5.75 Å². The molecule has 136 valence electrons. The van der Waals surface area contributed by atoms with E-state index < -0.39 is 23.7 Å². The molecule has 0 heterocycles. The van der Waals surface area contributed by atoms with Crippen LogP contribution in [0.4, 0.5) is 8.78 Å². The highest BCUT2D eigenvalue weighted by molar-refractivity contribution is 6.32. The van der Waals surface area contributed by atoms with E-state index in [9.17, 15) is 13.6 Å². The molecule has 2 aromatic carbocycles. The van der Waals surface area contributed by atoms with Crippen LogP contribution in [0, 0.1) is 23.0 Å². The van der Waals surface area contributed by atoms with Crippen molar-refractivity contribution in [1.82, 2.24) is 0 Å². The van der Waals surface area contributed by atoms with Gasteiger partial charge in [0.05, 0.1) is 23.3 Å². The van der Waals surface area contributed by atoms with Crippen molar-refractivity contribution in [3.05, 3.63) is 52.6 Å². The minimum Gasteiger partial charge on any atom is -0.490 e. The monoisotopic (exact) mass is 381 g/mol. The number of esters is 1. The van der Waals surface area contributed by atoms with Gasteiger partial charge in [0.25, 0.3) is 0 Å². The molecule has 0 N–H and O–H groups in total. The molecule has 0 saturated carbocycles. The number of nitriles is 1. The Morgan fingerprint density at radius 2 is 2.00 bits per heavy atom. The number of nitrogens with zero attached hydrogens (tertiary/aromatic N) is 1. The first-order chi connectivity index (χ1) is 12.3. The molecule has 0 aliphatic rings. The molecule has 0 saturated heterocycles. The Hall–Kier alpha value is -2.85. The standard InChI is InChI=1S/C18H14ClF2NO4/c1-3-24-16-7-11(9-22)6-13(19)17(16)26-18(23)10(2)25-12-4-5-14(20)15(21)8-12/h4-8,10H,3H2,1-2H3. The van der Waals surface area contributed by atoms with Crippen LogP contribution in [0.1, 0.15) is 19.4 Å². The number of benzene rings is 2. The summed E-state index contributed by atoms with van der Waals surface area (Å²) in [5.74, 6) is -2.93. The maximum atomic E-state index is 13.2. The minimum absolute atomic E-state index is 0.0147. The van der Waals surface area contributed by atoms with Crippen LogP contribution >= 0.6 is 11.6 Å². The third-order valence-corrected chi connectivity index (χ3v) is 3.46. The highest BCUT2D eigenvalue weighted by atomic mass is 35.5. The molecule has 0 radical (unpaired) electrons. The molecule has 2 rings (SSSR count). The second kappa shape index (κ2) is 8.50. The van der Waals surface area contributed by atoms with Crippen molar-refractivity contribution >= 4 is 17.6 Å². The molecule has 0 spiro atoms. The van der Waals surface area contributed by atoms with Gasteiger partial charge in [-0.15, -0.1) is 0 Å². The molecule has 0 bridgehead atoms. The predicted molar refractivity (Wildman–Crippen MR) is 89.4 cm³/mol. The van der Waals surface area contributed by atoms with Crippen molar-refractivity contribution in [1.29, 1.82) is 5.26 Å². The van der Waals surface area contributed by atoms with Gasteiger partial charge in [-0.25, -0.2) is 13.6 Å². The fraction of sp³-hybridized carbons (Fsp3) is 0.222. The van der Waals surface area contributed by atoms with E-state index in [2.05, 4.69) is 0 Å². The lowest BCUT2D eigenvalue weighted by molar-refractivity contribution is -0.141. The smallest absolute Gasteiger partial charge is 0.352 e. The van der Waals surface area contributed by atoms with E-state index in [4.69, 9.17) is 31.1 Å². The normalized spacial score (nSPS) is 11.4. The van der Waals surface area contributed by atoms with Crippen LogP contribution in [0.15, 0.2) is 30.3 Å². The van der Waals surface area contributed by atoms with E-state index >= 15 is 0 Å². The summed E-state index contributed by atoms with van der Waals surface area (Å²) < 4.78 is 42.0. The molecule has 0 amide bonds. The number of hydrogen-bond acceptors (Lipinski definition) is 5. The lowest BCUT2D eigenvalue weighted by atomic mass is 10.2. The highest BCUT2D eigenvalue weighted by Gasteiger charge is 2.22. The van der Waals surface area contributed by atoms with E-state index in [1.165, 1.54) is 25.1 Å². The number of halogens is 3. The van der Waals surface area contributed by atoms with Crippen molar-refractivity contribution < 1.29 is 27.8 Å². The van der Waals surface area contributed by atoms with Crippen molar-refractivity contribution in [2.75, 3.05) is 6.61 Å². The third-order valence-electron chi connectivity index (χ3n) is 3.18. The Balaban J connectivity index is 2.18. The number of ether oxygens (including phenoxy) is 3. The van der Waals surface area contributed by atoms with Crippen molar-refractivity contribution in [2.24, 2.45) is 0 Å². The van der Waals surface area contributed by atoms with Crippen LogP contribution in [0.2, 0.25) is 5.02 Å². The first-order valence-electron chi connectivity index (χ1n) is 7.55. The molecule has 2 aromatic rings. The Kier molecular flexibility index (Phi) is 6.36. The molecular weight excluding hydrogens is 368 g/mol. The molecular formula is C18H14ClF2NO4. The van der Waals surface area contributed by atoms with E-state index in [0.717, 1.165) is 12.1 Å². The summed E-state index contributed by atoms with van der Waals surface area (Å²) in [4.78, 5) is 12.2. The summed E-state index contributed by atoms with van der Waals surface area (Å²) in [6, 6.07) is 7.52. The van der Waals surface area contributed by atoms with Crippen LogP contribution in [0.3, 0.4) is 0 Å². The fourth-order valence-electron chi connectivity index (χ4n) is 1.98. The maximum Gasteiger partial charge on any atom is 0.352 e. The van der Waals surface area contributed by atoms with Crippen molar-refractivity contribution in [3.8, 4) is 23.3 Å². The number of carbonyl (C=O) groups is 1. The van der Waals surface area contributed by atoms with Gasteiger partial charge in [-0.3, -0.25) is 0 Å². The summed E-state index contributed by atoms with van der Waals surface area (Å²) in [6.45, 7) is 3.35. The average Bonchev–Trinajstić information content (AvgIpc) is 2.60. The Bertz CT molecular complexity index is 867. The van der Waals surface area contributed by atoms with Crippen molar-refractivity contribution in [3.63, 3.8) is 0 Å². The second-order valence-electron chi connectivity index (χ2n) is 5.09.